The highest BCUT2D eigenvalue weighted by Crippen LogP contribution is 2.62. The van der Waals surface area contributed by atoms with Gasteiger partial charge in [0.2, 0.25) is 0 Å². The molecule has 25 heavy (non-hydrogen) atoms. The van der Waals surface area contributed by atoms with Gasteiger partial charge in [0.15, 0.2) is 0 Å². The third kappa shape index (κ3) is 3.07. The first-order valence-corrected chi connectivity index (χ1v) is 9.54. The fraction of sp³-hybridized carbons (Fsp3) is 0.636. The van der Waals surface area contributed by atoms with E-state index in [2.05, 4.69) is 12.0 Å². The molecule has 3 nitrogen and oxygen atoms in total. The molecular weight excluding hydrogens is 312 g/mol. The van der Waals surface area contributed by atoms with Crippen LogP contribution in [0.15, 0.2) is 18.2 Å². The van der Waals surface area contributed by atoms with Crippen LogP contribution in [0.1, 0.15) is 56.6 Å². The van der Waals surface area contributed by atoms with Crippen LogP contribution in [-0.4, -0.2) is 20.2 Å². The molecule has 0 spiro atoms. The summed E-state index contributed by atoms with van der Waals surface area (Å²) in [5.41, 5.74) is 2.26. The van der Waals surface area contributed by atoms with Gasteiger partial charge in [0, 0.05) is 18.2 Å². The summed E-state index contributed by atoms with van der Waals surface area (Å²) in [6.07, 6.45) is 15.5. The first-order chi connectivity index (χ1) is 12.2. The summed E-state index contributed by atoms with van der Waals surface area (Å²) in [6, 6.07) is 5.98. The summed E-state index contributed by atoms with van der Waals surface area (Å²) >= 11 is 0. The molecule has 3 heteroatoms. The fourth-order valence-corrected chi connectivity index (χ4v) is 5.96. The molecule has 0 amide bonds. The number of hydrogen-bond donors (Lipinski definition) is 0. The Labute approximate surface area is 151 Å². The first kappa shape index (κ1) is 16.9. The van der Waals surface area contributed by atoms with E-state index < -0.39 is 6.48 Å². The predicted octanol–water partition coefficient (Wildman–Crippen LogP) is 4.44. The molecule has 1 radical (unpaired) electrons. The quantitative estimate of drug-likeness (QED) is 0.566. The van der Waals surface area contributed by atoms with E-state index in [1.165, 1.54) is 44.1 Å². The summed E-state index contributed by atoms with van der Waals surface area (Å²) < 4.78 is 16.9. The third-order valence-electron chi connectivity index (χ3n) is 6.45. The van der Waals surface area contributed by atoms with E-state index in [9.17, 15) is 0 Å². The van der Waals surface area contributed by atoms with Gasteiger partial charge in [-0.25, -0.2) is 0 Å². The van der Waals surface area contributed by atoms with Crippen molar-refractivity contribution in [3.63, 3.8) is 0 Å². The second-order valence-electron chi connectivity index (χ2n) is 8.13. The van der Waals surface area contributed by atoms with Crippen LogP contribution in [0.4, 0.5) is 0 Å². The van der Waals surface area contributed by atoms with Crippen molar-refractivity contribution in [1.29, 1.82) is 0 Å². The minimum Gasteiger partial charge on any atom is -0.441 e. The Balaban J connectivity index is 1.71. The molecule has 1 aromatic rings. The summed E-state index contributed by atoms with van der Waals surface area (Å²) in [6.45, 7) is 1.78. The normalized spacial score (nSPS) is 33.9. The second-order valence-corrected chi connectivity index (χ2v) is 8.13. The highest BCUT2D eigenvalue weighted by atomic mass is 16.8. The molecule has 0 N–H and O–H groups in total. The molecule has 4 fully saturated rings. The van der Waals surface area contributed by atoms with Crippen LogP contribution in [0.2, 0.25) is 0 Å². The maximum absolute atomic E-state index is 7.55. The highest BCUT2D eigenvalue weighted by Gasteiger charge is 2.52. The first-order valence-electron chi connectivity index (χ1n) is 9.54. The Hall–Kier alpha value is -1.50. The van der Waals surface area contributed by atoms with Gasteiger partial charge < -0.3 is 14.2 Å². The molecule has 0 aliphatic heterocycles. The maximum Gasteiger partial charge on any atom is 0.315 e. The highest BCUT2D eigenvalue weighted by molar-refractivity contribution is 5.47. The maximum atomic E-state index is 7.55. The van der Waals surface area contributed by atoms with Gasteiger partial charge in [0.1, 0.15) is 5.75 Å². The molecule has 1 atom stereocenters. The van der Waals surface area contributed by atoms with E-state index >= 15 is 0 Å². The average molecular weight is 339 g/mol. The average Bonchev–Trinajstić information content (AvgIpc) is 2.60. The zero-order valence-corrected chi connectivity index (χ0v) is 15.2. The van der Waals surface area contributed by atoms with E-state index in [1.807, 2.05) is 19.1 Å². The number of ether oxygens (including phenoxy) is 3. The number of benzene rings is 1. The molecule has 5 rings (SSSR count). The molecule has 0 aromatic heterocycles. The van der Waals surface area contributed by atoms with Crippen LogP contribution in [0.5, 0.6) is 5.75 Å². The van der Waals surface area contributed by atoms with Gasteiger partial charge in [-0.3, -0.25) is 0 Å². The monoisotopic (exact) mass is 339 g/mol. The minimum atomic E-state index is -0.688. The van der Waals surface area contributed by atoms with E-state index in [0.717, 1.165) is 29.1 Å². The molecule has 133 valence electrons. The van der Waals surface area contributed by atoms with Crippen LogP contribution < -0.4 is 4.74 Å². The van der Waals surface area contributed by atoms with Crippen LogP contribution in [0, 0.1) is 30.1 Å². The lowest BCUT2D eigenvalue weighted by Gasteiger charge is -2.57. The van der Waals surface area contributed by atoms with E-state index in [4.69, 9.17) is 20.6 Å². The number of methoxy groups -OCH3 is 1. The smallest absolute Gasteiger partial charge is 0.315 e. The summed E-state index contributed by atoms with van der Waals surface area (Å²) in [5.74, 6) is 5.97. The van der Waals surface area contributed by atoms with Gasteiger partial charge in [-0.1, -0.05) is 5.92 Å². The Kier molecular flexibility index (Phi) is 4.52. The Morgan fingerprint density at radius 3 is 2.32 bits per heavy atom. The predicted molar refractivity (Wildman–Crippen MR) is 95.6 cm³/mol. The third-order valence-corrected chi connectivity index (χ3v) is 6.45. The zero-order chi connectivity index (χ0) is 17.4. The molecule has 0 saturated heterocycles. The molecule has 4 aliphatic rings. The molecule has 1 unspecified atom stereocenters. The molecular formula is C22H27O3. The van der Waals surface area contributed by atoms with E-state index in [1.54, 1.807) is 7.11 Å². The van der Waals surface area contributed by atoms with Crippen molar-refractivity contribution in [3.05, 3.63) is 35.7 Å². The van der Waals surface area contributed by atoms with Crippen molar-refractivity contribution in [2.75, 3.05) is 13.7 Å². The van der Waals surface area contributed by atoms with Gasteiger partial charge in [0.05, 0.1) is 6.61 Å². The summed E-state index contributed by atoms with van der Waals surface area (Å²) in [4.78, 5) is 0. The van der Waals surface area contributed by atoms with Crippen LogP contribution >= 0.6 is 0 Å². The van der Waals surface area contributed by atoms with Crippen molar-refractivity contribution in [2.45, 2.75) is 57.3 Å². The van der Waals surface area contributed by atoms with Crippen molar-refractivity contribution >= 4 is 0 Å². The van der Waals surface area contributed by atoms with Crippen LogP contribution in [0.3, 0.4) is 0 Å². The second kappa shape index (κ2) is 6.67. The summed E-state index contributed by atoms with van der Waals surface area (Å²) in [5, 5.41) is 0. The minimum absolute atomic E-state index is 0.196. The van der Waals surface area contributed by atoms with Gasteiger partial charge in [-0.15, -0.1) is 0 Å². The Bertz CT molecular complexity index is 637. The van der Waals surface area contributed by atoms with Crippen LogP contribution in [0.25, 0.3) is 0 Å². The van der Waals surface area contributed by atoms with Gasteiger partial charge >= 0.3 is 6.48 Å². The molecule has 4 saturated carbocycles. The Morgan fingerprint density at radius 1 is 1.16 bits per heavy atom. The van der Waals surface area contributed by atoms with Gasteiger partial charge in [0.25, 0.3) is 0 Å². The van der Waals surface area contributed by atoms with Crippen molar-refractivity contribution in [2.24, 2.45) is 17.8 Å². The van der Waals surface area contributed by atoms with Crippen LogP contribution in [-0.2, 0) is 14.9 Å². The topological polar surface area (TPSA) is 27.7 Å². The lowest BCUT2D eigenvalue weighted by molar-refractivity contribution is -0.231. The largest absolute Gasteiger partial charge is 0.441 e. The Morgan fingerprint density at radius 2 is 1.80 bits per heavy atom. The summed E-state index contributed by atoms with van der Waals surface area (Å²) in [7, 11) is 1.60. The van der Waals surface area contributed by atoms with Crippen molar-refractivity contribution in [3.8, 4) is 11.7 Å². The molecule has 1 aromatic carbocycles. The SMILES string of the molecule is [C]#Cc1ccc(OC(OC)OCC)c(C23CC4CC(CC(C4)C2)C3)c1. The van der Waals surface area contributed by atoms with Crippen molar-refractivity contribution in [1.82, 2.24) is 0 Å². The van der Waals surface area contributed by atoms with Gasteiger partial charge in [-0.05, 0) is 93.2 Å². The van der Waals surface area contributed by atoms with Crippen molar-refractivity contribution < 1.29 is 14.2 Å². The lowest BCUT2D eigenvalue weighted by Crippen LogP contribution is -2.48. The molecule has 4 aliphatic carbocycles. The fourth-order valence-electron chi connectivity index (χ4n) is 5.96. The number of rotatable bonds is 6. The molecule has 4 bridgehead atoms. The molecule has 0 heterocycles. The van der Waals surface area contributed by atoms with E-state index in [0.29, 0.717) is 6.61 Å². The standard InChI is InChI=1S/C22H27O3/c1-4-15-6-7-20(25-21(23-3)24-5-2)19(11-15)22-12-16-8-17(13-22)10-18(9-16)14-22/h6-7,11,16-18,21H,5,8-10,12-14H2,2-3H3. The zero-order valence-electron chi connectivity index (χ0n) is 15.2. The number of hydrogen-bond acceptors (Lipinski definition) is 3. The van der Waals surface area contributed by atoms with Gasteiger partial charge in [-0.2, -0.15) is 0 Å². The lowest BCUT2D eigenvalue weighted by atomic mass is 9.48. The van der Waals surface area contributed by atoms with E-state index in [-0.39, 0.29) is 5.41 Å².